The molecule has 0 bridgehead atoms. The predicted octanol–water partition coefficient (Wildman–Crippen LogP) is 2.06. The number of nitrogens with zero attached hydrogens (tertiary/aromatic N) is 3. The lowest BCUT2D eigenvalue weighted by atomic mass is 10.2. The summed E-state index contributed by atoms with van der Waals surface area (Å²) in [7, 11) is 0. The molecule has 0 spiro atoms. The summed E-state index contributed by atoms with van der Waals surface area (Å²) in [4.78, 5) is 8.64. The van der Waals surface area contributed by atoms with Crippen molar-refractivity contribution in [2.75, 3.05) is 6.54 Å². The molecule has 0 radical (unpaired) electrons. The zero-order valence-electron chi connectivity index (χ0n) is 10.6. The Kier molecular flexibility index (Phi) is 3.11. The van der Waals surface area contributed by atoms with E-state index < -0.39 is 0 Å². The van der Waals surface area contributed by atoms with Crippen LogP contribution >= 0.6 is 0 Å². The fourth-order valence-electron chi connectivity index (χ4n) is 2.54. The van der Waals surface area contributed by atoms with Crippen molar-refractivity contribution in [1.29, 1.82) is 0 Å². The Labute approximate surface area is 107 Å². The minimum absolute atomic E-state index is 0.417. The van der Waals surface area contributed by atoms with Crippen molar-refractivity contribution in [3.05, 3.63) is 47.8 Å². The summed E-state index contributed by atoms with van der Waals surface area (Å²) in [5.41, 5.74) is 2.49. The van der Waals surface area contributed by atoms with Gasteiger partial charge in [-0.05, 0) is 44.0 Å². The molecular weight excluding hydrogens is 224 g/mol. The van der Waals surface area contributed by atoms with Gasteiger partial charge >= 0.3 is 0 Å². The van der Waals surface area contributed by atoms with Gasteiger partial charge in [-0.1, -0.05) is 0 Å². The fraction of sp³-hybridized carbons (Fsp3) is 0.429. The molecule has 2 aromatic rings. The summed E-state index contributed by atoms with van der Waals surface area (Å²) in [6.07, 6.45) is 8.08. The van der Waals surface area contributed by atoms with E-state index in [9.17, 15) is 0 Å². The lowest BCUT2D eigenvalue weighted by Crippen LogP contribution is -2.19. The van der Waals surface area contributed by atoms with Crippen LogP contribution in [0.25, 0.3) is 0 Å². The van der Waals surface area contributed by atoms with Crippen molar-refractivity contribution in [1.82, 2.24) is 19.9 Å². The van der Waals surface area contributed by atoms with E-state index >= 15 is 0 Å². The molecule has 1 atom stereocenters. The number of aryl methyl sites for hydroxylation is 1. The van der Waals surface area contributed by atoms with Gasteiger partial charge in [-0.25, -0.2) is 4.98 Å². The molecule has 1 N–H and O–H groups in total. The largest absolute Gasteiger partial charge is 0.327 e. The molecule has 0 aliphatic carbocycles. The van der Waals surface area contributed by atoms with E-state index in [4.69, 9.17) is 0 Å². The highest BCUT2D eigenvalue weighted by Crippen LogP contribution is 2.23. The number of hydrogen-bond acceptors (Lipinski definition) is 3. The Morgan fingerprint density at radius 1 is 1.39 bits per heavy atom. The van der Waals surface area contributed by atoms with Gasteiger partial charge < -0.3 is 9.88 Å². The Balaban J connectivity index is 1.88. The van der Waals surface area contributed by atoms with E-state index in [2.05, 4.69) is 38.9 Å². The average molecular weight is 242 g/mol. The van der Waals surface area contributed by atoms with E-state index in [-0.39, 0.29) is 0 Å². The summed E-state index contributed by atoms with van der Waals surface area (Å²) in [6.45, 7) is 4.10. The first-order valence-electron chi connectivity index (χ1n) is 6.49. The molecule has 1 aliphatic heterocycles. The molecule has 4 nitrogen and oxygen atoms in total. The molecule has 4 heteroatoms. The van der Waals surface area contributed by atoms with E-state index in [1.807, 2.05) is 18.6 Å². The van der Waals surface area contributed by atoms with Crippen LogP contribution in [0, 0.1) is 6.92 Å². The molecular formula is C14H18N4. The maximum Gasteiger partial charge on any atom is 0.126 e. The van der Waals surface area contributed by atoms with Crippen LogP contribution < -0.4 is 5.32 Å². The minimum Gasteiger partial charge on any atom is -0.327 e. The van der Waals surface area contributed by atoms with Crippen LogP contribution in [0.1, 0.15) is 36.0 Å². The number of rotatable bonds is 3. The first kappa shape index (κ1) is 11.4. The van der Waals surface area contributed by atoms with Crippen molar-refractivity contribution in [2.24, 2.45) is 0 Å². The lowest BCUT2D eigenvalue weighted by molar-refractivity contribution is 0.560. The van der Waals surface area contributed by atoms with Crippen LogP contribution in [-0.2, 0) is 6.54 Å². The van der Waals surface area contributed by atoms with Gasteiger partial charge in [0.05, 0.1) is 6.04 Å². The Bertz CT molecular complexity index is 512. The third-order valence-electron chi connectivity index (χ3n) is 3.55. The molecule has 1 unspecified atom stereocenters. The highest BCUT2D eigenvalue weighted by Gasteiger charge is 2.21. The Hall–Kier alpha value is -1.68. The fourth-order valence-corrected chi connectivity index (χ4v) is 2.54. The molecule has 1 aliphatic rings. The van der Waals surface area contributed by atoms with Gasteiger partial charge in [-0.3, -0.25) is 4.98 Å². The van der Waals surface area contributed by atoms with Gasteiger partial charge in [-0.15, -0.1) is 0 Å². The van der Waals surface area contributed by atoms with E-state index in [1.54, 1.807) is 0 Å². The van der Waals surface area contributed by atoms with Gasteiger partial charge in [0.15, 0.2) is 0 Å². The SMILES string of the molecule is Cc1cnc(C2CCCN2)n1Cc1ccncc1. The Morgan fingerprint density at radius 3 is 2.94 bits per heavy atom. The third kappa shape index (κ3) is 2.16. The quantitative estimate of drug-likeness (QED) is 0.896. The molecule has 18 heavy (non-hydrogen) atoms. The first-order valence-corrected chi connectivity index (χ1v) is 6.49. The topological polar surface area (TPSA) is 42.7 Å². The van der Waals surface area contributed by atoms with Crippen LogP contribution in [0.5, 0.6) is 0 Å². The average Bonchev–Trinajstić information content (AvgIpc) is 3.02. The normalized spacial score (nSPS) is 19.3. The summed E-state index contributed by atoms with van der Waals surface area (Å²) in [6, 6.07) is 4.54. The second-order valence-corrected chi connectivity index (χ2v) is 4.85. The summed E-state index contributed by atoms with van der Waals surface area (Å²) in [5, 5.41) is 3.52. The summed E-state index contributed by atoms with van der Waals surface area (Å²) >= 11 is 0. The van der Waals surface area contributed by atoms with E-state index in [0.29, 0.717) is 6.04 Å². The van der Waals surface area contributed by atoms with E-state index in [0.717, 1.165) is 13.1 Å². The maximum absolute atomic E-state index is 4.58. The van der Waals surface area contributed by atoms with Gasteiger partial charge in [0, 0.05) is 30.8 Å². The van der Waals surface area contributed by atoms with Gasteiger partial charge in [0.2, 0.25) is 0 Å². The number of aromatic nitrogens is 3. The van der Waals surface area contributed by atoms with Crippen LogP contribution in [0.15, 0.2) is 30.7 Å². The molecule has 1 saturated heterocycles. The third-order valence-corrected chi connectivity index (χ3v) is 3.55. The highest BCUT2D eigenvalue weighted by atomic mass is 15.1. The van der Waals surface area contributed by atoms with Crippen LogP contribution in [0.4, 0.5) is 0 Å². The highest BCUT2D eigenvalue weighted by molar-refractivity contribution is 5.16. The second-order valence-electron chi connectivity index (χ2n) is 4.85. The molecule has 3 heterocycles. The summed E-state index contributed by atoms with van der Waals surface area (Å²) < 4.78 is 2.30. The van der Waals surface area contributed by atoms with Crippen LogP contribution in [0.3, 0.4) is 0 Å². The maximum atomic E-state index is 4.58. The zero-order valence-corrected chi connectivity index (χ0v) is 10.6. The zero-order chi connectivity index (χ0) is 12.4. The molecule has 0 aromatic carbocycles. The van der Waals surface area contributed by atoms with E-state index in [1.165, 1.54) is 29.9 Å². The van der Waals surface area contributed by atoms with Crippen LogP contribution in [0.2, 0.25) is 0 Å². The van der Waals surface area contributed by atoms with Crippen LogP contribution in [-0.4, -0.2) is 21.1 Å². The number of nitrogens with one attached hydrogen (secondary N) is 1. The van der Waals surface area contributed by atoms with Gasteiger partial charge in [0.1, 0.15) is 5.82 Å². The molecule has 0 saturated carbocycles. The van der Waals surface area contributed by atoms with Crippen molar-refractivity contribution < 1.29 is 0 Å². The van der Waals surface area contributed by atoms with Crippen molar-refractivity contribution >= 4 is 0 Å². The molecule has 94 valence electrons. The Morgan fingerprint density at radius 2 is 2.22 bits per heavy atom. The number of imidazole rings is 1. The molecule has 0 amide bonds. The molecule has 2 aromatic heterocycles. The van der Waals surface area contributed by atoms with Crippen molar-refractivity contribution in [3.63, 3.8) is 0 Å². The minimum atomic E-state index is 0.417. The van der Waals surface area contributed by atoms with Gasteiger partial charge in [-0.2, -0.15) is 0 Å². The first-order chi connectivity index (χ1) is 8.84. The van der Waals surface area contributed by atoms with Crippen molar-refractivity contribution in [2.45, 2.75) is 32.4 Å². The smallest absolute Gasteiger partial charge is 0.126 e. The number of pyridine rings is 1. The van der Waals surface area contributed by atoms with Gasteiger partial charge in [0.25, 0.3) is 0 Å². The second kappa shape index (κ2) is 4.90. The predicted molar refractivity (Wildman–Crippen MR) is 70.3 cm³/mol. The summed E-state index contributed by atoms with van der Waals surface area (Å²) in [5.74, 6) is 1.17. The monoisotopic (exact) mass is 242 g/mol. The molecule has 3 rings (SSSR count). The number of hydrogen-bond donors (Lipinski definition) is 1. The lowest BCUT2D eigenvalue weighted by Gasteiger charge is -2.14. The van der Waals surface area contributed by atoms with Crippen molar-refractivity contribution in [3.8, 4) is 0 Å². The molecule has 1 fully saturated rings. The standard InChI is InChI=1S/C14H18N4/c1-11-9-17-14(13-3-2-6-16-13)18(11)10-12-4-7-15-8-5-12/h4-5,7-9,13,16H,2-3,6,10H2,1H3.